The number of aliphatic carboxylic acids is 1. The van der Waals surface area contributed by atoms with Gasteiger partial charge in [0.05, 0.1) is 4.87 Å². The molecule has 0 amide bonds. The molecule has 3 unspecified atom stereocenters. The van der Waals surface area contributed by atoms with Crippen molar-refractivity contribution in [2.24, 2.45) is 5.92 Å². The van der Waals surface area contributed by atoms with Gasteiger partial charge in [0.2, 0.25) is 0 Å². The van der Waals surface area contributed by atoms with Crippen molar-refractivity contribution in [2.45, 2.75) is 69.2 Å². The molecule has 0 bridgehead atoms. The van der Waals surface area contributed by atoms with Crippen LogP contribution in [0.15, 0.2) is 0 Å². The van der Waals surface area contributed by atoms with Crippen LogP contribution in [0, 0.1) is 5.92 Å². The molecule has 18 heavy (non-hydrogen) atoms. The van der Waals surface area contributed by atoms with E-state index in [9.17, 15) is 9.90 Å². The van der Waals surface area contributed by atoms with Gasteiger partial charge in [-0.25, -0.2) is 0 Å². The lowest BCUT2D eigenvalue weighted by atomic mass is 9.95. The van der Waals surface area contributed by atoms with Crippen LogP contribution in [0.4, 0.5) is 0 Å². The van der Waals surface area contributed by atoms with Crippen LogP contribution < -0.4 is 5.32 Å². The summed E-state index contributed by atoms with van der Waals surface area (Å²) < 4.78 is 0. The predicted octanol–water partition coefficient (Wildman–Crippen LogP) is 3.24. The molecule has 2 N–H and O–H groups in total. The van der Waals surface area contributed by atoms with Crippen LogP contribution in [0.2, 0.25) is 0 Å². The number of carbonyl (C=O) groups is 1. The van der Waals surface area contributed by atoms with Crippen molar-refractivity contribution >= 4 is 17.7 Å². The molecule has 2 rings (SSSR count). The van der Waals surface area contributed by atoms with E-state index >= 15 is 0 Å². The molecule has 3 atom stereocenters. The van der Waals surface area contributed by atoms with Crippen LogP contribution in [0.25, 0.3) is 0 Å². The van der Waals surface area contributed by atoms with E-state index in [1.807, 2.05) is 11.8 Å². The van der Waals surface area contributed by atoms with Crippen LogP contribution >= 0.6 is 11.8 Å². The van der Waals surface area contributed by atoms with E-state index in [4.69, 9.17) is 0 Å². The molecule has 104 valence electrons. The topological polar surface area (TPSA) is 49.3 Å². The molecule has 0 radical (unpaired) electrons. The highest BCUT2D eigenvalue weighted by Crippen LogP contribution is 2.42. The van der Waals surface area contributed by atoms with Crippen molar-refractivity contribution in [3.8, 4) is 0 Å². The van der Waals surface area contributed by atoms with Gasteiger partial charge in [0, 0.05) is 0 Å². The Morgan fingerprint density at radius 1 is 1.39 bits per heavy atom. The van der Waals surface area contributed by atoms with E-state index in [-0.39, 0.29) is 10.9 Å². The quantitative estimate of drug-likeness (QED) is 0.827. The summed E-state index contributed by atoms with van der Waals surface area (Å²) >= 11 is 1.97. The molecule has 1 aliphatic heterocycles. The first-order valence-corrected chi connectivity index (χ1v) is 8.28. The maximum atomic E-state index is 11.2. The summed E-state index contributed by atoms with van der Waals surface area (Å²) in [6, 6.07) is -0.325. The van der Waals surface area contributed by atoms with Gasteiger partial charge in [0.15, 0.2) is 0 Å². The fraction of sp³-hybridized carbons (Fsp3) is 0.929. The number of hydrogen-bond donors (Lipinski definition) is 2. The Kier molecular flexibility index (Phi) is 4.96. The smallest absolute Gasteiger partial charge is 0.320 e. The Hall–Kier alpha value is -0.220. The van der Waals surface area contributed by atoms with Gasteiger partial charge in [-0.05, 0) is 37.4 Å². The molecule has 2 aliphatic rings. The molecule has 0 aromatic rings. The lowest BCUT2D eigenvalue weighted by molar-refractivity contribution is -0.140. The highest BCUT2D eigenvalue weighted by Gasteiger charge is 2.39. The zero-order chi connectivity index (χ0) is 13.0. The van der Waals surface area contributed by atoms with Crippen LogP contribution in [0.1, 0.15) is 58.3 Å². The first kappa shape index (κ1) is 14.2. The first-order valence-electron chi connectivity index (χ1n) is 7.30. The Labute approximate surface area is 114 Å². The lowest BCUT2D eigenvalue weighted by Crippen LogP contribution is -2.54. The summed E-state index contributed by atoms with van der Waals surface area (Å²) in [5.74, 6) is 1.17. The highest BCUT2D eigenvalue weighted by atomic mass is 32.2. The third kappa shape index (κ3) is 3.41. The van der Waals surface area contributed by atoms with E-state index in [0.29, 0.717) is 0 Å². The monoisotopic (exact) mass is 271 g/mol. The summed E-state index contributed by atoms with van der Waals surface area (Å²) in [4.78, 5) is 11.2. The SMILES string of the molecule is CCCC1CCCC2(CC1)NC(C(=O)O)CCS2. The van der Waals surface area contributed by atoms with Gasteiger partial charge in [0.25, 0.3) is 0 Å². The highest BCUT2D eigenvalue weighted by molar-refractivity contribution is 8.00. The lowest BCUT2D eigenvalue weighted by Gasteiger charge is -2.40. The van der Waals surface area contributed by atoms with Crippen LogP contribution in [-0.2, 0) is 4.79 Å². The molecule has 0 aromatic carbocycles. The maximum Gasteiger partial charge on any atom is 0.320 e. The number of nitrogens with one attached hydrogen (secondary N) is 1. The number of carboxylic acids is 1. The number of rotatable bonds is 3. The van der Waals surface area contributed by atoms with Crippen LogP contribution in [0.5, 0.6) is 0 Å². The molecule has 3 nitrogen and oxygen atoms in total. The van der Waals surface area contributed by atoms with Gasteiger partial charge in [0.1, 0.15) is 6.04 Å². The van der Waals surface area contributed by atoms with Gasteiger partial charge in [-0.2, -0.15) is 0 Å². The van der Waals surface area contributed by atoms with E-state index in [1.54, 1.807) is 0 Å². The van der Waals surface area contributed by atoms with Crippen molar-refractivity contribution in [1.82, 2.24) is 5.32 Å². The third-order valence-electron chi connectivity index (χ3n) is 4.37. The van der Waals surface area contributed by atoms with Gasteiger partial charge in [-0.1, -0.05) is 32.6 Å². The summed E-state index contributed by atoms with van der Waals surface area (Å²) in [7, 11) is 0. The van der Waals surface area contributed by atoms with Crippen molar-refractivity contribution < 1.29 is 9.90 Å². The molecule has 4 heteroatoms. The maximum absolute atomic E-state index is 11.2. The average Bonchev–Trinajstić information content (AvgIpc) is 2.54. The minimum Gasteiger partial charge on any atom is -0.480 e. The Bertz CT molecular complexity index is 298. The number of thioether (sulfide) groups is 1. The normalized spacial score (nSPS) is 37.4. The second-order valence-corrected chi connectivity index (χ2v) is 7.23. The largest absolute Gasteiger partial charge is 0.480 e. The van der Waals surface area contributed by atoms with E-state index < -0.39 is 5.97 Å². The molecule has 1 aliphatic carbocycles. The van der Waals surface area contributed by atoms with Gasteiger partial charge in [-0.15, -0.1) is 11.8 Å². The third-order valence-corrected chi connectivity index (χ3v) is 5.89. The molecule has 1 saturated carbocycles. The average molecular weight is 271 g/mol. The molecular weight excluding hydrogens is 246 g/mol. The van der Waals surface area contributed by atoms with E-state index in [1.165, 1.54) is 32.1 Å². The van der Waals surface area contributed by atoms with E-state index in [0.717, 1.165) is 30.9 Å². The minimum atomic E-state index is -0.677. The molecular formula is C14H25NO2S. The Balaban J connectivity index is 1.96. The molecule has 1 spiro atoms. The first-order chi connectivity index (χ1) is 8.65. The second kappa shape index (κ2) is 6.29. The predicted molar refractivity (Wildman–Crippen MR) is 75.8 cm³/mol. The van der Waals surface area contributed by atoms with E-state index in [2.05, 4.69) is 12.2 Å². The molecule has 1 saturated heterocycles. The zero-order valence-corrected chi connectivity index (χ0v) is 12.1. The summed E-state index contributed by atoms with van der Waals surface area (Å²) in [6.45, 7) is 2.26. The fourth-order valence-electron chi connectivity index (χ4n) is 3.36. The van der Waals surface area contributed by atoms with Gasteiger partial charge < -0.3 is 5.11 Å². The molecule has 2 fully saturated rings. The standard InChI is InChI=1S/C14H25NO2S/c1-2-4-11-5-3-8-14(9-6-11)15-12(13(16)17)7-10-18-14/h11-12,15H,2-10H2,1H3,(H,16,17). The molecule has 0 aromatic heterocycles. The zero-order valence-electron chi connectivity index (χ0n) is 11.3. The Morgan fingerprint density at radius 3 is 2.94 bits per heavy atom. The Morgan fingerprint density at radius 2 is 2.22 bits per heavy atom. The van der Waals surface area contributed by atoms with Crippen molar-refractivity contribution in [2.75, 3.05) is 5.75 Å². The van der Waals surface area contributed by atoms with Gasteiger partial charge in [-0.3, -0.25) is 10.1 Å². The molecule has 1 heterocycles. The van der Waals surface area contributed by atoms with Crippen molar-refractivity contribution in [3.63, 3.8) is 0 Å². The summed E-state index contributed by atoms with van der Waals surface area (Å²) in [6.07, 6.45) is 9.50. The fourth-order valence-corrected chi connectivity index (χ4v) is 4.88. The van der Waals surface area contributed by atoms with Crippen LogP contribution in [0.3, 0.4) is 0 Å². The van der Waals surface area contributed by atoms with Crippen LogP contribution in [-0.4, -0.2) is 27.7 Å². The van der Waals surface area contributed by atoms with Crippen molar-refractivity contribution in [1.29, 1.82) is 0 Å². The van der Waals surface area contributed by atoms with Gasteiger partial charge >= 0.3 is 5.97 Å². The number of carboxylic acid groups (broad SMARTS) is 1. The second-order valence-electron chi connectivity index (χ2n) is 5.75. The number of hydrogen-bond acceptors (Lipinski definition) is 3. The minimum absolute atomic E-state index is 0.0593. The van der Waals surface area contributed by atoms with Crippen molar-refractivity contribution in [3.05, 3.63) is 0 Å². The summed E-state index contributed by atoms with van der Waals surface area (Å²) in [5, 5.41) is 12.6. The summed E-state index contributed by atoms with van der Waals surface area (Å²) in [5.41, 5.74) is 0.